The van der Waals surface area contributed by atoms with Gasteiger partial charge >= 0.3 is 6.18 Å². The summed E-state index contributed by atoms with van der Waals surface area (Å²) in [4.78, 5) is 9.62. The maximum absolute atomic E-state index is 12.7. The van der Waals surface area contributed by atoms with E-state index in [0.29, 0.717) is 16.7 Å². The molecule has 0 saturated heterocycles. The van der Waals surface area contributed by atoms with Gasteiger partial charge in [-0.25, -0.2) is 0 Å². The van der Waals surface area contributed by atoms with E-state index in [9.17, 15) is 13.2 Å². The van der Waals surface area contributed by atoms with Crippen molar-refractivity contribution in [3.63, 3.8) is 0 Å². The number of rotatable bonds is 3. The summed E-state index contributed by atoms with van der Waals surface area (Å²) >= 11 is 3.28. The minimum absolute atomic E-state index is 0.298. The Labute approximate surface area is 123 Å². The molecule has 2 rings (SSSR count). The lowest BCUT2D eigenvalue weighted by atomic mass is 10.2. The Morgan fingerprint density at radius 2 is 2.00 bits per heavy atom. The summed E-state index contributed by atoms with van der Waals surface area (Å²) in [6.45, 7) is 2.43. The Morgan fingerprint density at radius 3 is 2.60 bits per heavy atom. The lowest BCUT2D eigenvalue weighted by molar-refractivity contribution is -0.120. The molecule has 0 aliphatic rings. The molecule has 2 aromatic rings. The molecule has 0 radical (unpaired) electrons. The first-order chi connectivity index (χ1) is 9.28. The monoisotopic (exact) mass is 347 g/mol. The molecule has 0 spiro atoms. The van der Waals surface area contributed by atoms with E-state index in [1.54, 1.807) is 32.2 Å². The van der Waals surface area contributed by atoms with Gasteiger partial charge in [-0.05, 0) is 41.9 Å². The number of halogens is 4. The average molecular weight is 348 g/mol. The number of hydrogen-bond acceptors (Lipinski definition) is 3. The zero-order chi connectivity index (χ0) is 14.9. The Morgan fingerprint density at radius 1 is 1.30 bits per heavy atom. The van der Waals surface area contributed by atoms with Crippen molar-refractivity contribution >= 4 is 32.7 Å². The minimum atomic E-state index is -4.27. The van der Waals surface area contributed by atoms with Crippen LogP contribution in [0.25, 0.3) is 11.0 Å². The van der Waals surface area contributed by atoms with Gasteiger partial charge in [-0.2, -0.15) is 13.2 Å². The highest BCUT2D eigenvalue weighted by molar-refractivity contribution is 9.10. The molecule has 0 fully saturated rings. The van der Waals surface area contributed by atoms with E-state index in [2.05, 4.69) is 25.9 Å². The number of pyridine rings is 2. The molecule has 7 heteroatoms. The summed E-state index contributed by atoms with van der Waals surface area (Å²) in [6, 6.07) is 3.00. The Hall–Kier alpha value is -1.37. The van der Waals surface area contributed by atoms with E-state index < -0.39 is 12.7 Å². The van der Waals surface area contributed by atoms with Crippen LogP contribution >= 0.6 is 15.9 Å². The molecule has 3 nitrogen and oxygen atoms in total. The van der Waals surface area contributed by atoms with Gasteiger partial charge in [0.05, 0.1) is 11.2 Å². The molecular formula is C13H13BrF3N3. The molecule has 0 aromatic carbocycles. The summed E-state index contributed by atoms with van der Waals surface area (Å²) in [5.41, 5.74) is 1.47. The standard InChI is InChI=1S/C13H13BrF3N3/c1-8(2)20(7-13(15,16)17)11-3-4-18-10-5-9(14)6-19-12(10)11/h3-6,8H,7H2,1-2H3. The first kappa shape index (κ1) is 15.0. The topological polar surface area (TPSA) is 29.0 Å². The van der Waals surface area contributed by atoms with Crippen LogP contribution in [0.2, 0.25) is 0 Å². The Balaban J connectivity index is 2.53. The summed E-state index contributed by atoms with van der Waals surface area (Å²) in [7, 11) is 0. The van der Waals surface area contributed by atoms with Crippen molar-refractivity contribution in [2.24, 2.45) is 0 Å². The fourth-order valence-electron chi connectivity index (χ4n) is 1.96. The van der Waals surface area contributed by atoms with Crippen molar-refractivity contribution in [2.75, 3.05) is 11.4 Å². The van der Waals surface area contributed by atoms with Crippen LogP contribution in [0.15, 0.2) is 29.0 Å². The van der Waals surface area contributed by atoms with Crippen LogP contribution < -0.4 is 4.90 Å². The third-order valence-electron chi connectivity index (χ3n) is 2.81. The summed E-state index contributed by atoms with van der Waals surface area (Å²) < 4.78 is 38.9. The van der Waals surface area contributed by atoms with Gasteiger partial charge in [0, 0.05) is 22.9 Å². The molecule has 108 valence electrons. The second-order valence-electron chi connectivity index (χ2n) is 4.69. The van der Waals surface area contributed by atoms with Crippen molar-refractivity contribution in [1.29, 1.82) is 0 Å². The molecule has 0 bridgehead atoms. The highest BCUT2D eigenvalue weighted by atomic mass is 79.9. The van der Waals surface area contributed by atoms with E-state index in [0.717, 1.165) is 4.47 Å². The SMILES string of the molecule is CC(C)N(CC(F)(F)F)c1ccnc2cc(Br)cnc12. The molecule has 2 aromatic heterocycles. The molecule has 0 unspecified atom stereocenters. The predicted octanol–water partition coefficient (Wildman–Crippen LogP) is 4.17. The number of anilines is 1. The van der Waals surface area contributed by atoms with Gasteiger partial charge in [0.25, 0.3) is 0 Å². The fraction of sp³-hybridized carbons (Fsp3) is 0.385. The summed E-state index contributed by atoms with van der Waals surface area (Å²) in [5.74, 6) is 0. The smallest absolute Gasteiger partial charge is 0.358 e. The van der Waals surface area contributed by atoms with Crippen molar-refractivity contribution < 1.29 is 13.2 Å². The van der Waals surface area contributed by atoms with Gasteiger partial charge in [-0.1, -0.05) is 0 Å². The van der Waals surface area contributed by atoms with Crippen molar-refractivity contribution in [3.8, 4) is 0 Å². The second kappa shape index (κ2) is 5.55. The largest absolute Gasteiger partial charge is 0.405 e. The van der Waals surface area contributed by atoms with E-state index in [4.69, 9.17) is 0 Å². The number of aromatic nitrogens is 2. The van der Waals surface area contributed by atoms with Crippen LogP contribution in [0, 0.1) is 0 Å². The molecule has 2 heterocycles. The van der Waals surface area contributed by atoms with E-state index in [1.165, 1.54) is 11.1 Å². The maximum Gasteiger partial charge on any atom is 0.405 e. The molecule has 0 saturated carbocycles. The number of nitrogens with zero attached hydrogens (tertiary/aromatic N) is 3. The van der Waals surface area contributed by atoms with Gasteiger partial charge < -0.3 is 4.90 Å². The lowest BCUT2D eigenvalue weighted by Crippen LogP contribution is -2.39. The number of alkyl halides is 3. The third kappa shape index (κ3) is 3.39. The summed E-state index contributed by atoms with van der Waals surface area (Å²) in [6.07, 6.45) is -1.22. The van der Waals surface area contributed by atoms with Crippen molar-refractivity contribution in [2.45, 2.75) is 26.1 Å². The normalized spacial score (nSPS) is 12.2. The molecule has 0 aliphatic carbocycles. The highest BCUT2D eigenvalue weighted by Gasteiger charge is 2.32. The highest BCUT2D eigenvalue weighted by Crippen LogP contribution is 2.29. The van der Waals surface area contributed by atoms with Gasteiger partial charge in [0.2, 0.25) is 0 Å². The van der Waals surface area contributed by atoms with Gasteiger partial charge in [-0.3, -0.25) is 9.97 Å². The van der Waals surface area contributed by atoms with Crippen LogP contribution in [0.5, 0.6) is 0 Å². The van der Waals surface area contributed by atoms with E-state index in [-0.39, 0.29) is 6.04 Å². The van der Waals surface area contributed by atoms with Crippen LogP contribution in [0.4, 0.5) is 18.9 Å². The fourth-order valence-corrected chi connectivity index (χ4v) is 2.28. The Kier molecular flexibility index (Phi) is 4.17. The summed E-state index contributed by atoms with van der Waals surface area (Å²) in [5, 5.41) is 0. The second-order valence-corrected chi connectivity index (χ2v) is 5.60. The molecule has 20 heavy (non-hydrogen) atoms. The van der Waals surface area contributed by atoms with Crippen LogP contribution in [-0.4, -0.2) is 28.7 Å². The maximum atomic E-state index is 12.7. The van der Waals surface area contributed by atoms with E-state index in [1.807, 2.05) is 0 Å². The first-order valence-electron chi connectivity index (χ1n) is 6.01. The molecule has 0 aliphatic heterocycles. The minimum Gasteiger partial charge on any atom is -0.358 e. The zero-order valence-corrected chi connectivity index (χ0v) is 12.5. The van der Waals surface area contributed by atoms with Gasteiger partial charge in [0.15, 0.2) is 0 Å². The van der Waals surface area contributed by atoms with Gasteiger partial charge in [0.1, 0.15) is 12.1 Å². The first-order valence-corrected chi connectivity index (χ1v) is 6.81. The quantitative estimate of drug-likeness (QED) is 0.834. The zero-order valence-electron chi connectivity index (χ0n) is 10.9. The van der Waals surface area contributed by atoms with Gasteiger partial charge in [-0.15, -0.1) is 0 Å². The Bertz CT molecular complexity index is 613. The number of fused-ring (bicyclic) bond motifs is 1. The number of hydrogen-bond donors (Lipinski definition) is 0. The lowest BCUT2D eigenvalue weighted by Gasteiger charge is -2.30. The van der Waals surface area contributed by atoms with Crippen LogP contribution in [0.1, 0.15) is 13.8 Å². The molecule has 0 N–H and O–H groups in total. The average Bonchev–Trinajstić information content (AvgIpc) is 2.33. The van der Waals surface area contributed by atoms with Crippen LogP contribution in [-0.2, 0) is 0 Å². The van der Waals surface area contributed by atoms with Crippen molar-refractivity contribution in [1.82, 2.24) is 9.97 Å². The molecular weight excluding hydrogens is 335 g/mol. The predicted molar refractivity (Wildman–Crippen MR) is 75.8 cm³/mol. The van der Waals surface area contributed by atoms with E-state index >= 15 is 0 Å². The van der Waals surface area contributed by atoms with Crippen molar-refractivity contribution in [3.05, 3.63) is 29.0 Å². The third-order valence-corrected chi connectivity index (χ3v) is 3.24. The molecule has 0 amide bonds. The van der Waals surface area contributed by atoms with Crippen LogP contribution in [0.3, 0.4) is 0 Å². The molecule has 0 atom stereocenters.